The van der Waals surface area contributed by atoms with Crippen LogP contribution in [0.1, 0.15) is 30.1 Å². The summed E-state index contributed by atoms with van der Waals surface area (Å²) in [4.78, 5) is 13.2. The Balaban J connectivity index is 2.51. The number of rotatable bonds is 4. The average molecular weight is 238 g/mol. The minimum absolute atomic E-state index is 0.126. The van der Waals surface area contributed by atoms with Crippen molar-refractivity contribution in [1.29, 1.82) is 0 Å². The molecule has 0 amide bonds. The Morgan fingerprint density at radius 1 is 1.59 bits per heavy atom. The summed E-state index contributed by atoms with van der Waals surface area (Å²) in [6, 6.07) is 3.09. The summed E-state index contributed by atoms with van der Waals surface area (Å²) < 4.78 is 13.3. The number of hydrogen-bond donors (Lipinski definition) is 2. The molecule has 5 heteroatoms. The van der Waals surface area contributed by atoms with Crippen LogP contribution in [0.2, 0.25) is 0 Å². The molecule has 0 spiro atoms. The number of hydrogen-bond acceptors (Lipinski definition) is 3. The van der Waals surface area contributed by atoms with Crippen LogP contribution in [-0.2, 0) is 0 Å². The van der Waals surface area contributed by atoms with Crippen LogP contribution in [-0.4, -0.2) is 23.7 Å². The maximum atomic E-state index is 13.3. The van der Waals surface area contributed by atoms with Crippen LogP contribution in [0.3, 0.4) is 0 Å². The van der Waals surface area contributed by atoms with Crippen molar-refractivity contribution in [3.05, 3.63) is 23.5 Å². The van der Waals surface area contributed by atoms with Gasteiger partial charge in [0.15, 0.2) is 0 Å². The third kappa shape index (κ3) is 2.05. The first-order chi connectivity index (χ1) is 8.06. The van der Waals surface area contributed by atoms with E-state index in [-0.39, 0.29) is 11.3 Å². The molecule has 0 bridgehead atoms. The van der Waals surface area contributed by atoms with Crippen molar-refractivity contribution < 1.29 is 14.3 Å². The third-order valence-corrected chi connectivity index (χ3v) is 3.02. The fourth-order valence-corrected chi connectivity index (χ4v) is 2.06. The Hall–Kier alpha value is -1.78. The molecule has 92 valence electrons. The quantitative estimate of drug-likeness (QED) is 0.788. The molecule has 0 atom stereocenters. The molecule has 1 saturated carbocycles. The summed E-state index contributed by atoms with van der Waals surface area (Å²) >= 11 is 0. The van der Waals surface area contributed by atoms with E-state index in [4.69, 9.17) is 10.8 Å². The molecule has 3 N–H and O–H groups in total. The number of benzene rings is 1. The van der Waals surface area contributed by atoms with E-state index in [9.17, 15) is 9.18 Å². The Labute approximate surface area is 98.8 Å². The normalized spacial score (nSPS) is 14.7. The van der Waals surface area contributed by atoms with E-state index >= 15 is 0 Å². The molecular formula is C12H15FN2O2. The molecule has 0 saturated heterocycles. The summed E-state index contributed by atoms with van der Waals surface area (Å²) in [6.07, 6.45) is 2.09. The zero-order chi connectivity index (χ0) is 12.6. The smallest absolute Gasteiger partial charge is 0.340 e. The van der Waals surface area contributed by atoms with Crippen molar-refractivity contribution in [1.82, 2.24) is 0 Å². The number of nitrogen functional groups attached to an aromatic ring is 1. The van der Waals surface area contributed by atoms with Gasteiger partial charge in [-0.2, -0.15) is 0 Å². The number of nitrogens with two attached hydrogens (primary N) is 1. The zero-order valence-electron chi connectivity index (χ0n) is 9.61. The summed E-state index contributed by atoms with van der Waals surface area (Å²) in [6.45, 7) is 2.64. The standard InChI is InChI=1S/C12H15FN2O2/c1-2-15(7-3-4-7)9-6-5-8(13)11(14)10(9)12(16)17/h5-7H,2-4,14H2,1H3,(H,16,17). The number of carbonyl (C=O) groups is 1. The van der Waals surface area contributed by atoms with Crippen LogP contribution >= 0.6 is 0 Å². The minimum atomic E-state index is -1.18. The van der Waals surface area contributed by atoms with Crippen LogP contribution in [0.25, 0.3) is 0 Å². The number of anilines is 2. The van der Waals surface area contributed by atoms with E-state index in [1.54, 1.807) is 0 Å². The van der Waals surface area contributed by atoms with Crippen molar-refractivity contribution >= 4 is 17.3 Å². The van der Waals surface area contributed by atoms with E-state index in [2.05, 4.69) is 0 Å². The fourth-order valence-electron chi connectivity index (χ4n) is 2.06. The lowest BCUT2D eigenvalue weighted by atomic mass is 10.1. The maximum absolute atomic E-state index is 13.3. The van der Waals surface area contributed by atoms with Gasteiger partial charge in [-0.15, -0.1) is 0 Å². The van der Waals surface area contributed by atoms with Crippen molar-refractivity contribution in [3.63, 3.8) is 0 Å². The van der Waals surface area contributed by atoms with Crippen LogP contribution < -0.4 is 10.6 Å². The highest BCUT2D eigenvalue weighted by atomic mass is 19.1. The Morgan fingerprint density at radius 3 is 2.71 bits per heavy atom. The van der Waals surface area contributed by atoms with Gasteiger partial charge in [-0.05, 0) is 31.9 Å². The molecule has 4 nitrogen and oxygen atoms in total. The zero-order valence-corrected chi connectivity index (χ0v) is 9.61. The molecule has 0 radical (unpaired) electrons. The molecule has 1 aromatic rings. The molecule has 1 fully saturated rings. The predicted molar refractivity (Wildman–Crippen MR) is 63.8 cm³/mol. The molecule has 1 aliphatic carbocycles. The van der Waals surface area contributed by atoms with Gasteiger partial charge in [-0.25, -0.2) is 9.18 Å². The fraction of sp³-hybridized carbons (Fsp3) is 0.417. The van der Waals surface area contributed by atoms with Crippen LogP contribution in [0.15, 0.2) is 12.1 Å². The Bertz CT molecular complexity index is 458. The molecule has 0 heterocycles. The van der Waals surface area contributed by atoms with E-state index < -0.39 is 11.8 Å². The molecule has 17 heavy (non-hydrogen) atoms. The molecule has 1 aliphatic rings. The van der Waals surface area contributed by atoms with Gasteiger partial charge in [0.25, 0.3) is 0 Å². The average Bonchev–Trinajstić information content (AvgIpc) is 3.08. The first-order valence-corrected chi connectivity index (χ1v) is 5.64. The first-order valence-electron chi connectivity index (χ1n) is 5.64. The van der Waals surface area contributed by atoms with E-state index in [0.29, 0.717) is 18.3 Å². The van der Waals surface area contributed by atoms with Gasteiger partial charge in [0.1, 0.15) is 11.4 Å². The van der Waals surface area contributed by atoms with Gasteiger partial charge < -0.3 is 15.7 Å². The van der Waals surface area contributed by atoms with Gasteiger partial charge in [0.05, 0.1) is 11.4 Å². The van der Waals surface area contributed by atoms with Crippen molar-refractivity contribution in [2.45, 2.75) is 25.8 Å². The van der Waals surface area contributed by atoms with Gasteiger partial charge in [-0.3, -0.25) is 0 Å². The lowest BCUT2D eigenvalue weighted by Gasteiger charge is -2.25. The summed E-state index contributed by atoms with van der Waals surface area (Å²) in [5.41, 5.74) is 5.62. The van der Waals surface area contributed by atoms with Crippen molar-refractivity contribution in [2.75, 3.05) is 17.2 Å². The molecule has 0 unspecified atom stereocenters. The highest BCUT2D eigenvalue weighted by Gasteiger charge is 2.31. The van der Waals surface area contributed by atoms with E-state index in [1.165, 1.54) is 12.1 Å². The largest absolute Gasteiger partial charge is 0.478 e. The summed E-state index contributed by atoms with van der Waals surface area (Å²) in [7, 11) is 0. The van der Waals surface area contributed by atoms with Crippen molar-refractivity contribution in [3.8, 4) is 0 Å². The molecule has 1 aromatic carbocycles. The van der Waals surface area contributed by atoms with E-state index in [0.717, 1.165) is 12.8 Å². The SMILES string of the molecule is CCN(c1ccc(F)c(N)c1C(=O)O)C1CC1. The second-order valence-electron chi connectivity index (χ2n) is 4.18. The summed E-state index contributed by atoms with van der Waals surface area (Å²) in [5, 5.41) is 9.14. The molecule has 0 aliphatic heterocycles. The first kappa shape index (κ1) is 11.7. The van der Waals surface area contributed by atoms with Crippen LogP contribution in [0.5, 0.6) is 0 Å². The number of halogens is 1. The second-order valence-corrected chi connectivity index (χ2v) is 4.18. The highest BCUT2D eigenvalue weighted by molar-refractivity contribution is 6.00. The number of carboxylic acids is 1. The Kier molecular flexibility index (Phi) is 2.92. The Morgan fingerprint density at radius 2 is 2.24 bits per heavy atom. The van der Waals surface area contributed by atoms with Crippen molar-refractivity contribution in [2.24, 2.45) is 0 Å². The monoisotopic (exact) mass is 238 g/mol. The molecule has 2 rings (SSSR count). The second kappa shape index (κ2) is 4.24. The minimum Gasteiger partial charge on any atom is -0.478 e. The lowest BCUT2D eigenvalue weighted by molar-refractivity contribution is 0.0698. The van der Waals surface area contributed by atoms with Gasteiger partial charge in [-0.1, -0.05) is 0 Å². The predicted octanol–water partition coefficient (Wildman–Crippen LogP) is 2.09. The topological polar surface area (TPSA) is 66.6 Å². The maximum Gasteiger partial charge on any atom is 0.340 e. The molecular weight excluding hydrogens is 223 g/mol. The number of carboxylic acid groups (broad SMARTS) is 1. The molecule has 0 aromatic heterocycles. The van der Waals surface area contributed by atoms with Gasteiger partial charge >= 0.3 is 5.97 Å². The van der Waals surface area contributed by atoms with Gasteiger partial charge in [0.2, 0.25) is 0 Å². The number of aromatic carboxylic acids is 1. The van der Waals surface area contributed by atoms with Crippen LogP contribution in [0, 0.1) is 5.82 Å². The highest BCUT2D eigenvalue weighted by Crippen LogP contribution is 2.36. The lowest BCUT2D eigenvalue weighted by Crippen LogP contribution is -2.27. The van der Waals surface area contributed by atoms with Gasteiger partial charge in [0, 0.05) is 12.6 Å². The van der Waals surface area contributed by atoms with Crippen LogP contribution in [0.4, 0.5) is 15.8 Å². The summed E-state index contributed by atoms with van der Waals surface area (Å²) in [5.74, 6) is -1.87. The number of nitrogens with zero attached hydrogens (tertiary/aromatic N) is 1. The van der Waals surface area contributed by atoms with E-state index in [1.807, 2.05) is 11.8 Å². The third-order valence-electron chi connectivity index (χ3n) is 3.02.